The number of anilines is 1. The number of aromatic amines is 1. The van der Waals surface area contributed by atoms with Crippen molar-refractivity contribution in [2.45, 2.75) is 14.9 Å². The summed E-state index contributed by atoms with van der Waals surface area (Å²) in [4.78, 5) is 4.36. The van der Waals surface area contributed by atoms with Gasteiger partial charge in [-0.3, -0.25) is 5.10 Å². The van der Waals surface area contributed by atoms with Crippen LogP contribution in [0, 0.1) is 0 Å². The Hall–Kier alpha value is -1.58. The number of hydrogen-bond acceptors (Lipinski definition) is 6. The second kappa shape index (κ2) is 4.35. The van der Waals surface area contributed by atoms with E-state index < -0.39 is 10.0 Å². The van der Waals surface area contributed by atoms with Crippen LogP contribution in [0.25, 0.3) is 0 Å². The lowest BCUT2D eigenvalue weighted by Gasteiger charge is -2.07. The van der Waals surface area contributed by atoms with Gasteiger partial charge in [-0.2, -0.15) is 5.10 Å². The molecule has 2 aromatic rings. The highest BCUT2D eigenvalue weighted by molar-refractivity contribution is 7.99. The Morgan fingerprint density at radius 2 is 2.12 bits per heavy atom. The minimum atomic E-state index is -3.82. The van der Waals surface area contributed by atoms with Crippen LogP contribution in [0.5, 0.6) is 0 Å². The summed E-state index contributed by atoms with van der Waals surface area (Å²) in [6.07, 6.45) is 1.35. The highest BCUT2D eigenvalue weighted by Crippen LogP contribution is 2.32. The van der Waals surface area contributed by atoms with E-state index >= 15 is 0 Å². The van der Waals surface area contributed by atoms with Crippen molar-refractivity contribution in [3.8, 4) is 0 Å². The number of nitrogens with two attached hydrogens (primary N) is 2. The Morgan fingerprint density at radius 3 is 2.71 bits per heavy atom. The molecule has 90 valence electrons. The van der Waals surface area contributed by atoms with E-state index in [-0.39, 0.29) is 10.6 Å². The van der Waals surface area contributed by atoms with Crippen LogP contribution in [0.2, 0.25) is 0 Å². The number of hydrogen-bond donors (Lipinski definition) is 3. The van der Waals surface area contributed by atoms with E-state index in [1.165, 1.54) is 24.2 Å². The molecule has 0 unspecified atom stereocenters. The number of nitrogens with zero attached hydrogens (tertiary/aromatic N) is 2. The van der Waals surface area contributed by atoms with Crippen molar-refractivity contribution >= 4 is 27.5 Å². The number of para-hydroxylation sites is 1. The van der Waals surface area contributed by atoms with E-state index in [1.54, 1.807) is 12.1 Å². The number of sulfonamides is 1. The quantitative estimate of drug-likeness (QED) is 0.683. The topological polar surface area (TPSA) is 128 Å². The maximum Gasteiger partial charge on any atom is 0.240 e. The number of rotatable bonds is 3. The highest BCUT2D eigenvalue weighted by atomic mass is 32.2. The lowest BCUT2D eigenvalue weighted by Crippen LogP contribution is -2.14. The summed E-state index contributed by atoms with van der Waals surface area (Å²) in [6, 6.07) is 4.60. The van der Waals surface area contributed by atoms with Gasteiger partial charge in [0.15, 0.2) is 5.16 Å². The Morgan fingerprint density at radius 1 is 1.35 bits per heavy atom. The molecule has 0 aliphatic rings. The SMILES string of the molecule is Nc1c(Sc2ncn[nH]2)cccc1S(N)(=O)=O. The molecule has 1 aromatic heterocycles. The van der Waals surface area contributed by atoms with Gasteiger partial charge < -0.3 is 5.73 Å². The number of aromatic nitrogens is 3. The van der Waals surface area contributed by atoms with Gasteiger partial charge in [0.05, 0.1) is 5.69 Å². The molecule has 0 aliphatic carbocycles. The first-order valence-corrected chi connectivity index (χ1v) is 6.79. The van der Waals surface area contributed by atoms with E-state index in [0.717, 1.165) is 0 Å². The standard InChI is InChI=1S/C8H9N5O2S2/c9-7-5(16-8-11-4-12-13-8)2-1-3-6(7)17(10,14)15/h1-4H,9H2,(H2,10,14,15)(H,11,12,13). The zero-order chi connectivity index (χ0) is 12.5. The van der Waals surface area contributed by atoms with Gasteiger partial charge >= 0.3 is 0 Å². The Balaban J connectivity index is 2.43. The molecule has 1 aromatic carbocycles. The first-order valence-electron chi connectivity index (χ1n) is 4.43. The molecule has 0 saturated carbocycles. The highest BCUT2D eigenvalue weighted by Gasteiger charge is 2.15. The number of nitrogen functional groups attached to an aromatic ring is 1. The van der Waals surface area contributed by atoms with Gasteiger partial charge in [-0.15, -0.1) is 0 Å². The van der Waals surface area contributed by atoms with Crippen LogP contribution in [0.1, 0.15) is 0 Å². The average molecular weight is 271 g/mol. The van der Waals surface area contributed by atoms with Crippen LogP contribution in [-0.4, -0.2) is 23.6 Å². The molecule has 0 radical (unpaired) electrons. The summed E-state index contributed by atoms with van der Waals surface area (Å²) in [5.74, 6) is 0. The van der Waals surface area contributed by atoms with Crippen LogP contribution in [0.3, 0.4) is 0 Å². The van der Waals surface area contributed by atoms with Gasteiger partial charge in [-0.25, -0.2) is 18.5 Å². The zero-order valence-electron chi connectivity index (χ0n) is 8.49. The first kappa shape index (κ1) is 11.9. The minimum absolute atomic E-state index is 0.0954. The van der Waals surface area contributed by atoms with E-state index in [9.17, 15) is 8.42 Å². The van der Waals surface area contributed by atoms with Crippen molar-refractivity contribution in [1.82, 2.24) is 15.2 Å². The van der Waals surface area contributed by atoms with Crippen molar-refractivity contribution in [2.75, 3.05) is 5.73 Å². The molecule has 0 spiro atoms. The molecule has 0 amide bonds. The third-order valence-corrected chi connectivity index (χ3v) is 3.87. The second-order valence-electron chi connectivity index (χ2n) is 3.11. The van der Waals surface area contributed by atoms with Gasteiger partial charge in [-0.05, 0) is 23.9 Å². The average Bonchev–Trinajstić information content (AvgIpc) is 2.72. The number of benzene rings is 1. The van der Waals surface area contributed by atoms with Crippen molar-refractivity contribution in [3.63, 3.8) is 0 Å². The van der Waals surface area contributed by atoms with Crippen molar-refractivity contribution in [1.29, 1.82) is 0 Å². The molecular formula is C8H9N5O2S2. The maximum absolute atomic E-state index is 11.3. The van der Waals surface area contributed by atoms with Gasteiger partial charge in [0, 0.05) is 4.90 Å². The molecule has 1 heterocycles. The van der Waals surface area contributed by atoms with E-state index in [4.69, 9.17) is 10.9 Å². The van der Waals surface area contributed by atoms with Gasteiger partial charge in [0.1, 0.15) is 11.2 Å². The molecule has 0 fully saturated rings. The number of nitrogens with one attached hydrogen (secondary N) is 1. The summed E-state index contributed by atoms with van der Waals surface area (Å²) in [5.41, 5.74) is 5.85. The molecular weight excluding hydrogens is 262 g/mol. The number of H-pyrrole nitrogens is 1. The van der Waals surface area contributed by atoms with Gasteiger partial charge in [0.2, 0.25) is 10.0 Å². The smallest absolute Gasteiger partial charge is 0.240 e. The van der Waals surface area contributed by atoms with Crippen LogP contribution in [0.15, 0.2) is 39.5 Å². The Labute approximate surface area is 102 Å². The normalized spacial score (nSPS) is 11.6. The molecule has 7 nitrogen and oxygen atoms in total. The summed E-state index contributed by atoms with van der Waals surface area (Å²) in [5, 5.41) is 11.9. The fourth-order valence-corrected chi connectivity index (χ4v) is 2.73. The predicted molar refractivity (Wildman–Crippen MR) is 62.7 cm³/mol. The fourth-order valence-electron chi connectivity index (χ4n) is 1.21. The number of primary sulfonamides is 1. The molecule has 5 N–H and O–H groups in total. The zero-order valence-corrected chi connectivity index (χ0v) is 10.1. The van der Waals surface area contributed by atoms with Gasteiger partial charge in [0.25, 0.3) is 0 Å². The second-order valence-corrected chi connectivity index (χ2v) is 5.67. The molecule has 17 heavy (non-hydrogen) atoms. The van der Waals surface area contributed by atoms with Crippen LogP contribution in [0.4, 0.5) is 5.69 Å². The van der Waals surface area contributed by atoms with E-state index in [0.29, 0.717) is 10.1 Å². The third-order valence-electron chi connectivity index (χ3n) is 1.93. The third kappa shape index (κ3) is 2.57. The monoisotopic (exact) mass is 271 g/mol. The lowest BCUT2D eigenvalue weighted by atomic mass is 10.3. The molecule has 2 rings (SSSR count). The molecule has 9 heteroatoms. The Bertz CT molecular complexity index is 623. The minimum Gasteiger partial charge on any atom is -0.397 e. The lowest BCUT2D eigenvalue weighted by molar-refractivity contribution is 0.598. The fraction of sp³-hybridized carbons (Fsp3) is 0. The van der Waals surface area contributed by atoms with Crippen molar-refractivity contribution < 1.29 is 8.42 Å². The first-order chi connectivity index (χ1) is 7.98. The Kier molecular flexibility index (Phi) is 3.05. The molecule has 0 saturated heterocycles. The van der Waals surface area contributed by atoms with E-state index in [1.807, 2.05) is 0 Å². The summed E-state index contributed by atoms with van der Waals surface area (Å²) < 4.78 is 22.5. The maximum atomic E-state index is 11.3. The summed E-state index contributed by atoms with van der Waals surface area (Å²) >= 11 is 1.18. The van der Waals surface area contributed by atoms with E-state index in [2.05, 4.69) is 15.2 Å². The van der Waals surface area contributed by atoms with Crippen molar-refractivity contribution in [3.05, 3.63) is 24.5 Å². The molecule has 0 aliphatic heterocycles. The summed E-state index contributed by atoms with van der Waals surface area (Å²) in [6.45, 7) is 0. The summed E-state index contributed by atoms with van der Waals surface area (Å²) in [7, 11) is -3.82. The van der Waals surface area contributed by atoms with Gasteiger partial charge in [-0.1, -0.05) is 6.07 Å². The predicted octanol–water partition coefficient (Wildman–Crippen LogP) is 0.185. The van der Waals surface area contributed by atoms with Crippen LogP contribution < -0.4 is 10.9 Å². The van der Waals surface area contributed by atoms with Crippen LogP contribution in [-0.2, 0) is 10.0 Å². The molecule has 0 bridgehead atoms. The van der Waals surface area contributed by atoms with Crippen molar-refractivity contribution in [2.24, 2.45) is 5.14 Å². The van der Waals surface area contributed by atoms with Crippen LogP contribution >= 0.6 is 11.8 Å². The largest absolute Gasteiger partial charge is 0.397 e. The molecule has 0 atom stereocenters.